The number of nitrogens with zero attached hydrogens (tertiary/aromatic N) is 1. The van der Waals surface area contributed by atoms with E-state index in [-0.39, 0.29) is 6.10 Å². The smallest absolute Gasteiger partial charge is 0.142 e. The Labute approximate surface area is 94.2 Å². The number of fused-ring (bicyclic) bond motifs is 1. The van der Waals surface area contributed by atoms with Crippen LogP contribution in [0.1, 0.15) is 17.2 Å². The van der Waals surface area contributed by atoms with Crippen molar-refractivity contribution in [3.05, 3.63) is 66.0 Å². The van der Waals surface area contributed by atoms with E-state index in [2.05, 4.69) is 23.2 Å². The van der Waals surface area contributed by atoms with E-state index in [1.165, 1.54) is 0 Å². The Morgan fingerprint density at radius 2 is 1.81 bits per heavy atom. The van der Waals surface area contributed by atoms with Crippen molar-refractivity contribution in [3.63, 3.8) is 0 Å². The Hall–Kier alpha value is -2.09. The Bertz CT molecular complexity index is 519. The minimum atomic E-state index is -0.00194. The molecule has 0 bridgehead atoms. The van der Waals surface area contributed by atoms with Crippen LogP contribution in [0, 0.1) is 0 Å². The van der Waals surface area contributed by atoms with Gasteiger partial charge in [0.2, 0.25) is 0 Å². The van der Waals surface area contributed by atoms with Crippen LogP contribution in [-0.2, 0) is 0 Å². The highest BCUT2D eigenvalue weighted by Gasteiger charge is 2.15. The summed E-state index contributed by atoms with van der Waals surface area (Å²) in [5.41, 5.74) is 2.26. The van der Waals surface area contributed by atoms with Crippen molar-refractivity contribution in [2.45, 2.75) is 6.10 Å². The molecule has 0 spiro atoms. The molecule has 0 amide bonds. The predicted molar refractivity (Wildman–Crippen MR) is 63.1 cm³/mol. The van der Waals surface area contributed by atoms with Gasteiger partial charge in [-0.1, -0.05) is 24.3 Å². The molecule has 16 heavy (non-hydrogen) atoms. The van der Waals surface area contributed by atoms with Crippen molar-refractivity contribution in [2.24, 2.45) is 0 Å². The van der Waals surface area contributed by atoms with Crippen LogP contribution in [0.2, 0.25) is 0 Å². The topological polar surface area (TPSA) is 22.1 Å². The molecule has 2 heterocycles. The van der Waals surface area contributed by atoms with Crippen molar-refractivity contribution in [3.8, 4) is 5.75 Å². The monoisotopic (exact) mass is 209 g/mol. The number of pyridine rings is 1. The van der Waals surface area contributed by atoms with Gasteiger partial charge in [-0.25, -0.2) is 0 Å². The van der Waals surface area contributed by atoms with Crippen molar-refractivity contribution in [1.29, 1.82) is 0 Å². The molecule has 1 aliphatic heterocycles. The van der Waals surface area contributed by atoms with Crippen LogP contribution in [0.4, 0.5) is 0 Å². The molecule has 1 aliphatic rings. The summed E-state index contributed by atoms with van der Waals surface area (Å²) < 4.78 is 5.90. The van der Waals surface area contributed by atoms with Crippen LogP contribution in [0.25, 0.3) is 6.08 Å². The second kappa shape index (κ2) is 3.81. The molecule has 3 rings (SSSR count). The zero-order valence-electron chi connectivity index (χ0n) is 8.71. The largest absolute Gasteiger partial charge is 0.481 e. The van der Waals surface area contributed by atoms with Crippen LogP contribution >= 0.6 is 0 Å². The maximum Gasteiger partial charge on any atom is 0.142 e. The predicted octanol–water partition coefficient (Wildman–Crippen LogP) is 3.23. The normalized spacial score (nSPS) is 17.6. The quantitative estimate of drug-likeness (QED) is 0.719. The lowest BCUT2D eigenvalue weighted by molar-refractivity contribution is 0.251. The third kappa shape index (κ3) is 1.58. The third-order valence-corrected chi connectivity index (χ3v) is 2.66. The zero-order chi connectivity index (χ0) is 10.8. The minimum Gasteiger partial charge on any atom is -0.481 e. The summed E-state index contributed by atoms with van der Waals surface area (Å²) in [7, 11) is 0. The fourth-order valence-corrected chi connectivity index (χ4v) is 1.82. The molecule has 0 saturated heterocycles. The molecule has 0 fully saturated rings. The van der Waals surface area contributed by atoms with Crippen molar-refractivity contribution in [1.82, 2.24) is 4.98 Å². The Morgan fingerprint density at radius 1 is 1.00 bits per heavy atom. The number of rotatable bonds is 1. The van der Waals surface area contributed by atoms with Gasteiger partial charge in [0.05, 0.1) is 0 Å². The highest BCUT2D eigenvalue weighted by atomic mass is 16.5. The number of hydrogen-bond acceptors (Lipinski definition) is 2. The summed E-state index contributed by atoms with van der Waals surface area (Å²) in [6.45, 7) is 0. The summed E-state index contributed by atoms with van der Waals surface area (Å²) in [4.78, 5) is 4.00. The summed E-state index contributed by atoms with van der Waals surface area (Å²) in [6.07, 6.45) is 7.74. The van der Waals surface area contributed by atoms with E-state index in [1.54, 1.807) is 12.4 Å². The van der Waals surface area contributed by atoms with Gasteiger partial charge in [-0.3, -0.25) is 4.98 Å². The van der Waals surface area contributed by atoms with Crippen LogP contribution in [0.5, 0.6) is 5.75 Å². The Morgan fingerprint density at radius 3 is 2.69 bits per heavy atom. The average Bonchev–Trinajstić information content (AvgIpc) is 2.39. The second-order valence-electron chi connectivity index (χ2n) is 3.72. The lowest BCUT2D eigenvalue weighted by atomic mass is 10.1. The lowest BCUT2D eigenvalue weighted by Crippen LogP contribution is -2.08. The minimum absolute atomic E-state index is 0.00194. The number of hydrogen-bond donors (Lipinski definition) is 0. The van der Waals surface area contributed by atoms with Gasteiger partial charge in [-0.05, 0) is 29.8 Å². The first-order chi connectivity index (χ1) is 7.93. The van der Waals surface area contributed by atoms with Gasteiger partial charge in [-0.15, -0.1) is 0 Å². The molecule has 1 aromatic heterocycles. The van der Waals surface area contributed by atoms with Gasteiger partial charge in [-0.2, -0.15) is 0 Å². The van der Waals surface area contributed by atoms with Crippen molar-refractivity contribution >= 4 is 6.08 Å². The molecule has 2 heteroatoms. The van der Waals surface area contributed by atoms with Gasteiger partial charge < -0.3 is 4.74 Å². The van der Waals surface area contributed by atoms with Crippen molar-refractivity contribution < 1.29 is 4.74 Å². The van der Waals surface area contributed by atoms with E-state index < -0.39 is 0 Å². The third-order valence-electron chi connectivity index (χ3n) is 2.66. The maximum atomic E-state index is 5.90. The van der Waals surface area contributed by atoms with Gasteiger partial charge >= 0.3 is 0 Å². The molecule has 0 aliphatic carbocycles. The first-order valence-corrected chi connectivity index (χ1v) is 5.27. The molecule has 0 saturated carbocycles. The van der Waals surface area contributed by atoms with E-state index in [1.807, 2.05) is 30.3 Å². The molecular formula is C14H11NO. The fraction of sp³-hybridized carbons (Fsp3) is 0.0714. The number of aromatic nitrogens is 1. The molecule has 1 atom stereocenters. The van der Waals surface area contributed by atoms with Gasteiger partial charge in [0.25, 0.3) is 0 Å². The van der Waals surface area contributed by atoms with E-state index in [4.69, 9.17) is 4.74 Å². The SMILES string of the molecule is C1=CC(c2ccncc2)Oc2ccccc21. The first kappa shape index (κ1) is 9.16. The van der Waals surface area contributed by atoms with Gasteiger partial charge in [0, 0.05) is 18.0 Å². The summed E-state index contributed by atoms with van der Waals surface area (Å²) >= 11 is 0. The molecule has 0 radical (unpaired) electrons. The highest BCUT2D eigenvalue weighted by Crippen LogP contribution is 2.31. The number of ether oxygens (including phenoxy) is 1. The zero-order valence-corrected chi connectivity index (χ0v) is 8.71. The van der Waals surface area contributed by atoms with Crippen LogP contribution in [-0.4, -0.2) is 4.98 Å². The standard InChI is InChI=1S/C14H11NO/c1-2-4-13-11(3-1)5-6-14(16-13)12-7-9-15-10-8-12/h1-10,14H. The maximum absolute atomic E-state index is 5.90. The highest BCUT2D eigenvalue weighted by molar-refractivity contribution is 5.60. The summed E-state index contributed by atoms with van der Waals surface area (Å²) in [6, 6.07) is 12.0. The summed E-state index contributed by atoms with van der Waals surface area (Å²) in [5.74, 6) is 0.937. The van der Waals surface area contributed by atoms with Crippen molar-refractivity contribution in [2.75, 3.05) is 0 Å². The van der Waals surface area contributed by atoms with E-state index in [9.17, 15) is 0 Å². The molecule has 2 nitrogen and oxygen atoms in total. The molecule has 1 unspecified atom stereocenters. The van der Waals surface area contributed by atoms with E-state index in [0.717, 1.165) is 16.9 Å². The van der Waals surface area contributed by atoms with Crippen LogP contribution in [0.15, 0.2) is 54.9 Å². The molecule has 78 valence electrons. The molecular weight excluding hydrogens is 198 g/mol. The Kier molecular flexibility index (Phi) is 2.18. The number of para-hydroxylation sites is 1. The average molecular weight is 209 g/mol. The fourth-order valence-electron chi connectivity index (χ4n) is 1.82. The number of benzene rings is 1. The van der Waals surface area contributed by atoms with Crippen LogP contribution in [0.3, 0.4) is 0 Å². The van der Waals surface area contributed by atoms with E-state index >= 15 is 0 Å². The molecule has 0 N–H and O–H groups in total. The van der Waals surface area contributed by atoms with Gasteiger partial charge in [0.15, 0.2) is 0 Å². The lowest BCUT2D eigenvalue weighted by Gasteiger charge is -2.21. The van der Waals surface area contributed by atoms with Gasteiger partial charge in [0.1, 0.15) is 11.9 Å². The summed E-state index contributed by atoms with van der Waals surface area (Å²) in [5, 5.41) is 0. The molecule has 2 aromatic rings. The molecule has 1 aromatic carbocycles. The second-order valence-corrected chi connectivity index (χ2v) is 3.72. The van der Waals surface area contributed by atoms with E-state index in [0.29, 0.717) is 0 Å². The van der Waals surface area contributed by atoms with Crippen LogP contribution < -0.4 is 4.74 Å². The first-order valence-electron chi connectivity index (χ1n) is 5.27. The Balaban J connectivity index is 1.95.